The van der Waals surface area contributed by atoms with Crippen LogP contribution >= 0.6 is 0 Å². The van der Waals surface area contributed by atoms with Crippen molar-refractivity contribution < 1.29 is 43.8 Å². The molecule has 11 N–H and O–H groups in total. The Labute approximate surface area is 195 Å². The number of hydrogen-bond acceptors (Lipinski definition) is 8. The molecule has 0 bridgehead atoms. The van der Waals surface area contributed by atoms with Crippen molar-refractivity contribution in [1.82, 2.24) is 16.0 Å². The minimum absolute atomic E-state index is 0.274. The number of aliphatic carboxylic acids is 2. The molecule has 0 aromatic rings. The van der Waals surface area contributed by atoms with E-state index in [-0.39, 0.29) is 19.3 Å². The van der Waals surface area contributed by atoms with E-state index < -0.39 is 84.4 Å². The molecule has 0 rings (SSSR count). The summed E-state index contributed by atoms with van der Waals surface area (Å²) in [7, 11) is 0. The van der Waals surface area contributed by atoms with Crippen LogP contribution in [0.4, 0.5) is 0 Å². The topological polar surface area (TPSA) is 274 Å². The van der Waals surface area contributed by atoms with E-state index in [9.17, 15) is 38.7 Å². The number of carbonyl (C=O) groups is 7. The van der Waals surface area contributed by atoms with Crippen LogP contribution in [0.15, 0.2) is 0 Å². The molecule has 15 nitrogen and oxygen atoms in total. The third kappa shape index (κ3) is 11.8. The molecule has 0 spiro atoms. The van der Waals surface area contributed by atoms with E-state index in [1.54, 1.807) is 13.8 Å². The summed E-state index contributed by atoms with van der Waals surface area (Å²) in [5.74, 6) is -7.61. The van der Waals surface area contributed by atoms with Gasteiger partial charge in [-0.25, -0.2) is 4.79 Å². The van der Waals surface area contributed by atoms with Crippen LogP contribution in [-0.2, 0) is 33.6 Å². The van der Waals surface area contributed by atoms with Crippen molar-refractivity contribution in [2.45, 2.75) is 70.1 Å². The standard InChI is InChI=1S/C19H32N6O9/c1-8(2)15(18(32)24-11(19(33)34)3-5-12(21)26)25-17(31)10(4-6-14(28)29)23-16(30)9(20)7-13(22)27/h8-11,15H,3-7,20H2,1-2H3,(H2,21,26)(H2,22,27)(H,23,30)(H,24,32)(H,25,31)(H,28,29)(H,33,34). The van der Waals surface area contributed by atoms with E-state index in [0.29, 0.717) is 0 Å². The fraction of sp³-hybridized carbons (Fsp3) is 0.632. The van der Waals surface area contributed by atoms with Gasteiger partial charge < -0.3 is 43.4 Å². The van der Waals surface area contributed by atoms with Gasteiger partial charge in [0, 0.05) is 12.8 Å². The highest BCUT2D eigenvalue weighted by Gasteiger charge is 2.32. The molecule has 0 aromatic heterocycles. The summed E-state index contributed by atoms with van der Waals surface area (Å²) in [4.78, 5) is 81.8. The van der Waals surface area contributed by atoms with Crippen molar-refractivity contribution in [2.75, 3.05) is 0 Å². The Morgan fingerprint density at radius 3 is 1.71 bits per heavy atom. The molecule has 34 heavy (non-hydrogen) atoms. The van der Waals surface area contributed by atoms with Crippen LogP contribution in [0.2, 0.25) is 0 Å². The van der Waals surface area contributed by atoms with Crippen LogP contribution in [0.25, 0.3) is 0 Å². The van der Waals surface area contributed by atoms with Crippen molar-refractivity contribution >= 4 is 41.5 Å². The molecular weight excluding hydrogens is 456 g/mol. The molecule has 0 aromatic carbocycles. The fourth-order valence-electron chi connectivity index (χ4n) is 2.72. The first-order valence-corrected chi connectivity index (χ1v) is 10.3. The van der Waals surface area contributed by atoms with Crippen molar-refractivity contribution in [3.63, 3.8) is 0 Å². The Hall–Kier alpha value is -3.75. The summed E-state index contributed by atoms with van der Waals surface area (Å²) >= 11 is 0. The molecule has 15 heteroatoms. The third-order valence-corrected chi connectivity index (χ3v) is 4.58. The smallest absolute Gasteiger partial charge is 0.326 e. The lowest BCUT2D eigenvalue weighted by Crippen LogP contribution is -2.58. The van der Waals surface area contributed by atoms with Gasteiger partial charge in [-0.3, -0.25) is 28.8 Å². The Balaban J connectivity index is 5.50. The maximum Gasteiger partial charge on any atom is 0.326 e. The van der Waals surface area contributed by atoms with Gasteiger partial charge in [0.05, 0.1) is 12.5 Å². The second-order valence-corrected chi connectivity index (χ2v) is 7.91. The maximum absolute atomic E-state index is 12.8. The largest absolute Gasteiger partial charge is 0.481 e. The SMILES string of the molecule is CC(C)C(NC(=O)C(CCC(=O)O)NC(=O)C(N)CC(N)=O)C(=O)NC(CCC(N)=O)C(=O)O. The van der Waals surface area contributed by atoms with Gasteiger partial charge in [0.2, 0.25) is 29.5 Å². The summed E-state index contributed by atoms with van der Waals surface area (Å²) < 4.78 is 0. The van der Waals surface area contributed by atoms with E-state index >= 15 is 0 Å². The molecule has 0 aliphatic rings. The van der Waals surface area contributed by atoms with Gasteiger partial charge in [0.15, 0.2) is 0 Å². The predicted octanol–water partition coefficient (Wildman–Crippen LogP) is -3.49. The molecule has 0 aliphatic heterocycles. The van der Waals surface area contributed by atoms with E-state index in [4.69, 9.17) is 22.3 Å². The van der Waals surface area contributed by atoms with Crippen LogP contribution in [0, 0.1) is 5.92 Å². The van der Waals surface area contributed by atoms with Crippen molar-refractivity contribution in [1.29, 1.82) is 0 Å². The lowest BCUT2D eigenvalue weighted by atomic mass is 10.0. The number of nitrogens with one attached hydrogen (secondary N) is 3. The molecule has 0 heterocycles. The van der Waals surface area contributed by atoms with E-state index in [0.717, 1.165) is 0 Å². The number of carboxylic acids is 2. The van der Waals surface area contributed by atoms with Crippen LogP contribution in [0.5, 0.6) is 0 Å². The minimum atomic E-state index is -1.45. The zero-order valence-corrected chi connectivity index (χ0v) is 18.9. The molecule has 192 valence electrons. The zero-order chi connectivity index (χ0) is 26.6. The van der Waals surface area contributed by atoms with E-state index in [2.05, 4.69) is 16.0 Å². The second-order valence-electron chi connectivity index (χ2n) is 7.91. The molecule has 5 amide bonds. The van der Waals surface area contributed by atoms with Crippen LogP contribution in [-0.4, -0.2) is 75.9 Å². The zero-order valence-electron chi connectivity index (χ0n) is 18.9. The average Bonchev–Trinajstić information content (AvgIpc) is 2.70. The van der Waals surface area contributed by atoms with Crippen LogP contribution < -0.4 is 33.2 Å². The Morgan fingerprint density at radius 2 is 1.26 bits per heavy atom. The first kappa shape index (κ1) is 30.2. The quantitative estimate of drug-likeness (QED) is 0.106. The average molecular weight is 488 g/mol. The van der Waals surface area contributed by atoms with Crippen molar-refractivity contribution in [2.24, 2.45) is 23.1 Å². The molecule has 4 unspecified atom stereocenters. The predicted molar refractivity (Wildman–Crippen MR) is 115 cm³/mol. The first-order valence-electron chi connectivity index (χ1n) is 10.3. The monoisotopic (exact) mass is 488 g/mol. The number of carbonyl (C=O) groups excluding carboxylic acids is 5. The summed E-state index contributed by atoms with van der Waals surface area (Å²) in [6, 6.07) is -5.54. The lowest BCUT2D eigenvalue weighted by molar-refractivity contribution is -0.143. The van der Waals surface area contributed by atoms with Crippen LogP contribution in [0.1, 0.15) is 46.0 Å². The van der Waals surface area contributed by atoms with E-state index in [1.165, 1.54) is 0 Å². The molecule has 0 aliphatic carbocycles. The number of primary amides is 2. The molecular formula is C19H32N6O9. The van der Waals surface area contributed by atoms with Gasteiger partial charge in [0.1, 0.15) is 18.1 Å². The molecule has 0 saturated heterocycles. The second kappa shape index (κ2) is 14.4. The van der Waals surface area contributed by atoms with Crippen molar-refractivity contribution in [3.05, 3.63) is 0 Å². The van der Waals surface area contributed by atoms with Gasteiger partial charge in [-0.05, 0) is 18.8 Å². The molecule has 0 saturated carbocycles. The minimum Gasteiger partial charge on any atom is -0.481 e. The highest BCUT2D eigenvalue weighted by atomic mass is 16.4. The Bertz CT molecular complexity index is 801. The maximum atomic E-state index is 12.8. The number of carboxylic acid groups (broad SMARTS) is 2. The summed E-state index contributed by atoms with van der Waals surface area (Å²) in [5, 5.41) is 25.0. The van der Waals surface area contributed by atoms with E-state index in [1.807, 2.05) is 0 Å². The van der Waals surface area contributed by atoms with Gasteiger partial charge in [-0.15, -0.1) is 0 Å². The number of rotatable bonds is 16. The Kier molecular flexibility index (Phi) is 12.8. The van der Waals surface area contributed by atoms with Crippen molar-refractivity contribution in [3.8, 4) is 0 Å². The fourth-order valence-corrected chi connectivity index (χ4v) is 2.72. The summed E-state index contributed by atoms with van der Waals surface area (Å²) in [6.07, 6.45) is -1.97. The van der Waals surface area contributed by atoms with Crippen LogP contribution in [0.3, 0.4) is 0 Å². The number of nitrogens with two attached hydrogens (primary N) is 3. The summed E-state index contributed by atoms with van der Waals surface area (Å²) in [5.41, 5.74) is 15.5. The highest BCUT2D eigenvalue weighted by molar-refractivity contribution is 5.95. The highest BCUT2D eigenvalue weighted by Crippen LogP contribution is 2.07. The van der Waals surface area contributed by atoms with Gasteiger partial charge in [-0.1, -0.05) is 13.8 Å². The molecule has 0 radical (unpaired) electrons. The molecule has 0 fully saturated rings. The molecule has 4 atom stereocenters. The first-order chi connectivity index (χ1) is 15.6. The number of hydrogen-bond donors (Lipinski definition) is 8. The Morgan fingerprint density at radius 1 is 0.735 bits per heavy atom. The van der Waals surface area contributed by atoms with Gasteiger partial charge in [0.25, 0.3) is 0 Å². The summed E-state index contributed by atoms with van der Waals surface area (Å²) in [6.45, 7) is 3.11. The van der Waals surface area contributed by atoms with Gasteiger partial charge in [-0.2, -0.15) is 0 Å². The van der Waals surface area contributed by atoms with Gasteiger partial charge >= 0.3 is 11.9 Å². The normalized spacial score (nSPS) is 14.2. The third-order valence-electron chi connectivity index (χ3n) is 4.58. The lowest BCUT2D eigenvalue weighted by Gasteiger charge is -2.27. The number of amides is 5.